The molecule has 1 aromatic rings. The molecule has 1 saturated heterocycles. The molecule has 1 heterocycles. The smallest absolute Gasteiger partial charge is 0.409 e. The van der Waals surface area contributed by atoms with Crippen LogP contribution in [0.15, 0.2) is 24.3 Å². The molecular formula is C17H25Cl2N2O4-. The first-order valence-corrected chi connectivity index (χ1v) is 8.60. The van der Waals surface area contributed by atoms with Crippen LogP contribution in [-0.2, 0) is 16.1 Å². The van der Waals surface area contributed by atoms with Crippen molar-refractivity contribution in [1.82, 2.24) is 9.80 Å². The molecule has 0 spiro atoms. The molecule has 0 bridgehead atoms. The lowest BCUT2D eigenvalue weighted by Crippen LogP contribution is -3.00. The first-order chi connectivity index (χ1) is 11.6. The van der Waals surface area contributed by atoms with Gasteiger partial charge in [0.15, 0.2) is 0 Å². The quantitative estimate of drug-likeness (QED) is 0.645. The van der Waals surface area contributed by atoms with Crippen molar-refractivity contribution < 1.29 is 31.8 Å². The highest BCUT2D eigenvalue weighted by molar-refractivity contribution is 6.30. The van der Waals surface area contributed by atoms with E-state index in [0.29, 0.717) is 37.9 Å². The Morgan fingerprint density at radius 3 is 2.48 bits per heavy atom. The first kappa shape index (κ1) is 22.0. The summed E-state index contributed by atoms with van der Waals surface area (Å²) in [6.45, 7) is 6.16. The maximum Gasteiger partial charge on any atom is 0.409 e. The van der Waals surface area contributed by atoms with Crippen molar-refractivity contribution in [2.45, 2.75) is 19.6 Å². The van der Waals surface area contributed by atoms with Gasteiger partial charge < -0.3 is 31.9 Å². The topological polar surface area (TPSA) is 62.2 Å². The van der Waals surface area contributed by atoms with Crippen LogP contribution in [0.5, 0.6) is 0 Å². The normalized spacial score (nSPS) is 16.2. The third kappa shape index (κ3) is 7.79. The number of nitrogens with zero attached hydrogens (tertiary/aromatic N) is 2. The van der Waals surface area contributed by atoms with E-state index < -0.39 is 6.10 Å². The second kappa shape index (κ2) is 11.5. The molecule has 0 radical (unpaired) electrons. The second-order valence-electron chi connectivity index (χ2n) is 5.78. The molecule has 142 valence electrons. The highest BCUT2D eigenvalue weighted by Gasteiger charge is 2.23. The van der Waals surface area contributed by atoms with E-state index in [-0.39, 0.29) is 25.1 Å². The number of aliphatic hydroxyl groups is 1. The van der Waals surface area contributed by atoms with Crippen LogP contribution in [0.3, 0.4) is 0 Å². The van der Waals surface area contributed by atoms with Crippen molar-refractivity contribution in [3.8, 4) is 0 Å². The van der Waals surface area contributed by atoms with E-state index in [0.717, 1.165) is 18.7 Å². The van der Waals surface area contributed by atoms with E-state index in [1.165, 1.54) is 0 Å². The summed E-state index contributed by atoms with van der Waals surface area (Å²) >= 11 is 5.83. The number of hydrogen-bond acceptors (Lipinski definition) is 5. The predicted molar refractivity (Wildman–Crippen MR) is 92.1 cm³/mol. The molecule has 1 atom stereocenters. The molecule has 1 unspecified atom stereocenters. The van der Waals surface area contributed by atoms with Crippen LogP contribution in [0.25, 0.3) is 0 Å². The number of amides is 1. The number of ether oxygens (including phenoxy) is 2. The van der Waals surface area contributed by atoms with E-state index in [4.69, 9.17) is 21.1 Å². The standard InChI is InChI=1S/C17H25ClN2O4.ClH/c1-2-24-17(22)20-9-7-19(8-10-20)11-16(21)13-23-12-14-3-5-15(18)6-4-14;/h3-6,16,21H,2,7-13H2,1H3;1H/p-1. The number of hydrogen-bond donors (Lipinski definition) is 1. The largest absolute Gasteiger partial charge is 1.00 e. The zero-order valence-corrected chi connectivity index (χ0v) is 15.9. The van der Waals surface area contributed by atoms with Crippen LogP contribution >= 0.6 is 11.6 Å². The molecule has 1 aromatic carbocycles. The van der Waals surface area contributed by atoms with Gasteiger partial charge in [0.1, 0.15) is 0 Å². The summed E-state index contributed by atoms with van der Waals surface area (Å²) in [6.07, 6.45) is -0.810. The first-order valence-electron chi connectivity index (χ1n) is 8.22. The molecule has 0 saturated carbocycles. The van der Waals surface area contributed by atoms with Gasteiger partial charge in [0.25, 0.3) is 0 Å². The maximum atomic E-state index is 11.6. The zero-order chi connectivity index (χ0) is 17.4. The summed E-state index contributed by atoms with van der Waals surface area (Å²) in [5.74, 6) is 0. The van der Waals surface area contributed by atoms with E-state index >= 15 is 0 Å². The summed E-state index contributed by atoms with van der Waals surface area (Å²) in [6, 6.07) is 7.45. The summed E-state index contributed by atoms with van der Waals surface area (Å²) in [4.78, 5) is 15.5. The van der Waals surface area contributed by atoms with E-state index in [1.807, 2.05) is 24.3 Å². The Morgan fingerprint density at radius 1 is 1.24 bits per heavy atom. The molecule has 1 aliphatic heterocycles. The van der Waals surface area contributed by atoms with Crippen molar-refractivity contribution in [3.05, 3.63) is 34.9 Å². The molecule has 1 aliphatic rings. The Morgan fingerprint density at radius 2 is 1.88 bits per heavy atom. The van der Waals surface area contributed by atoms with Crippen LogP contribution in [-0.4, -0.2) is 73.0 Å². The van der Waals surface area contributed by atoms with Gasteiger partial charge in [-0.1, -0.05) is 23.7 Å². The fourth-order valence-electron chi connectivity index (χ4n) is 2.57. The summed E-state index contributed by atoms with van der Waals surface area (Å²) in [7, 11) is 0. The van der Waals surface area contributed by atoms with Crippen molar-refractivity contribution >= 4 is 17.7 Å². The Bertz CT molecular complexity index is 508. The summed E-state index contributed by atoms with van der Waals surface area (Å²) < 4.78 is 10.5. The van der Waals surface area contributed by atoms with Crippen LogP contribution in [0.1, 0.15) is 12.5 Å². The molecule has 25 heavy (non-hydrogen) atoms. The summed E-state index contributed by atoms with van der Waals surface area (Å²) in [5.41, 5.74) is 1.02. The van der Waals surface area contributed by atoms with E-state index in [2.05, 4.69) is 4.90 Å². The van der Waals surface area contributed by atoms with Gasteiger partial charge in [-0.05, 0) is 24.6 Å². The molecule has 1 N–H and O–H groups in total. The number of aliphatic hydroxyl groups excluding tert-OH is 1. The van der Waals surface area contributed by atoms with Gasteiger partial charge >= 0.3 is 6.09 Å². The highest BCUT2D eigenvalue weighted by atomic mass is 35.5. The lowest BCUT2D eigenvalue weighted by molar-refractivity contribution is -0.000124. The van der Waals surface area contributed by atoms with Gasteiger partial charge in [0.05, 0.1) is 25.9 Å². The van der Waals surface area contributed by atoms with Gasteiger partial charge in [0, 0.05) is 37.7 Å². The number of halogens is 2. The maximum absolute atomic E-state index is 11.6. The average molecular weight is 392 g/mol. The second-order valence-corrected chi connectivity index (χ2v) is 6.22. The van der Waals surface area contributed by atoms with Crippen LogP contribution < -0.4 is 12.4 Å². The summed E-state index contributed by atoms with van der Waals surface area (Å²) in [5, 5.41) is 10.8. The third-order valence-corrected chi connectivity index (χ3v) is 4.11. The van der Waals surface area contributed by atoms with E-state index in [1.54, 1.807) is 11.8 Å². The number of benzene rings is 1. The number of β-amino-alcohol motifs (C(OH)–C–C–N with tert-alkyl or cyclic N) is 1. The number of rotatable bonds is 7. The predicted octanol–water partition coefficient (Wildman–Crippen LogP) is -1.00. The SMILES string of the molecule is CCOC(=O)N1CCN(CC(O)COCc2ccc(Cl)cc2)CC1.[Cl-]. The minimum Gasteiger partial charge on any atom is -1.00 e. The molecule has 8 heteroatoms. The fraction of sp³-hybridized carbons (Fsp3) is 0.588. The van der Waals surface area contributed by atoms with Crippen molar-refractivity contribution in [2.24, 2.45) is 0 Å². The Balaban J connectivity index is 0.00000312. The fourth-order valence-corrected chi connectivity index (χ4v) is 2.70. The van der Waals surface area contributed by atoms with Gasteiger partial charge in [0.2, 0.25) is 0 Å². The average Bonchev–Trinajstić information content (AvgIpc) is 2.57. The molecular weight excluding hydrogens is 367 g/mol. The highest BCUT2D eigenvalue weighted by Crippen LogP contribution is 2.10. The van der Waals surface area contributed by atoms with E-state index in [9.17, 15) is 9.90 Å². The van der Waals surface area contributed by atoms with Crippen molar-refractivity contribution in [1.29, 1.82) is 0 Å². The van der Waals surface area contributed by atoms with Crippen molar-refractivity contribution in [2.75, 3.05) is 45.9 Å². The number of carbonyl (C=O) groups excluding carboxylic acids is 1. The lowest BCUT2D eigenvalue weighted by atomic mass is 10.2. The van der Waals surface area contributed by atoms with Crippen LogP contribution in [0, 0.1) is 0 Å². The molecule has 6 nitrogen and oxygen atoms in total. The number of piperazine rings is 1. The molecule has 0 aliphatic carbocycles. The van der Waals surface area contributed by atoms with Gasteiger partial charge in [-0.25, -0.2) is 4.79 Å². The minimum absolute atomic E-state index is 0. The molecule has 1 fully saturated rings. The zero-order valence-electron chi connectivity index (χ0n) is 14.4. The van der Waals surface area contributed by atoms with Crippen molar-refractivity contribution in [3.63, 3.8) is 0 Å². The molecule has 0 aromatic heterocycles. The van der Waals surface area contributed by atoms with Gasteiger partial charge in [-0.2, -0.15) is 0 Å². The monoisotopic (exact) mass is 391 g/mol. The van der Waals surface area contributed by atoms with Crippen LogP contribution in [0.4, 0.5) is 4.79 Å². The lowest BCUT2D eigenvalue weighted by Gasteiger charge is -2.34. The van der Waals surface area contributed by atoms with Gasteiger partial charge in [-0.15, -0.1) is 0 Å². The van der Waals surface area contributed by atoms with Gasteiger partial charge in [-0.3, -0.25) is 4.90 Å². The molecule has 2 rings (SSSR count). The Labute approximate surface area is 160 Å². The Hall–Kier alpha value is -1.05. The Kier molecular flexibility index (Phi) is 10.2. The minimum atomic E-state index is -0.550. The van der Waals surface area contributed by atoms with Crippen LogP contribution in [0.2, 0.25) is 5.02 Å². The number of carbonyl (C=O) groups is 1. The molecule has 1 amide bonds. The third-order valence-electron chi connectivity index (χ3n) is 3.86.